The summed E-state index contributed by atoms with van der Waals surface area (Å²) in [4.78, 5) is 40.1. The van der Waals surface area contributed by atoms with Crippen molar-refractivity contribution in [2.75, 3.05) is 81.1 Å². The molecular formula is C22H31ClF2N10O2. The quantitative estimate of drug-likeness (QED) is 0.555. The van der Waals surface area contributed by atoms with E-state index < -0.39 is 12.1 Å². The summed E-state index contributed by atoms with van der Waals surface area (Å²) < 4.78 is 33.0. The van der Waals surface area contributed by atoms with E-state index in [9.17, 15) is 13.6 Å². The third kappa shape index (κ3) is 6.13. The van der Waals surface area contributed by atoms with E-state index >= 15 is 0 Å². The van der Waals surface area contributed by atoms with Crippen LogP contribution in [0, 0.1) is 5.92 Å². The van der Waals surface area contributed by atoms with Gasteiger partial charge in [0.15, 0.2) is 5.82 Å². The van der Waals surface area contributed by atoms with Crippen LogP contribution in [0.1, 0.15) is 25.0 Å². The van der Waals surface area contributed by atoms with Crippen molar-refractivity contribution in [3.8, 4) is 11.4 Å². The van der Waals surface area contributed by atoms with Crippen LogP contribution in [0.25, 0.3) is 11.4 Å². The van der Waals surface area contributed by atoms with Crippen LogP contribution in [0.3, 0.4) is 0 Å². The normalized spacial score (nSPS) is 19.2. The number of carbonyl (C=O) groups excluding carboxylic acids is 1. The summed E-state index contributed by atoms with van der Waals surface area (Å²) in [5, 5.41) is 3.29. The van der Waals surface area contributed by atoms with Gasteiger partial charge in [-0.25, -0.2) is 18.7 Å². The number of piperidine rings is 1. The lowest BCUT2D eigenvalue weighted by Crippen LogP contribution is -2.52. The minimum absolute atomic E-state index is 0. The fraction of sp³-hybridized carbons (Fsp3) is 0.636. The maximum Gasteiger partial charge on any atom is 0.281 e. The Hall–Kier alpha value is -2.97. The number of rotatable bonds is 5. The maximum atomic E-state index is 13.8. The second-order valence-electron chi connectivity index (χ2n) is 9.02. The zero-order valence-electron chi connectivity index (χ0n) is 20.4. The third-order valence-corrected chi connectivity index (χ3v) is 6.75. The first kappa shape index (κ1) is 27.1. The molecular weight excluding hydrogens is 510 g/mol. The molecule has 5 rings (SSSR count). The van der Waals surface area contributed by atoms with Gasteiger partial charge < -0.3 is 30.5 Å². The molecule has 5 heterocycles. The summed E-state index contributed by atoms with van der Waals surface area (Å²) in [5.41, 5.74) is 5.04. The number of hydrogen-bond acceptors (Lipinski definition) is 11. The van der Waals surface area contributed by atoms with Crippen LogP contribution in [0.15, 0.2) is 6.20 Å². The minimum Gasteiger partial charge on any atom is -0.378 e. The molecule has 0 unspecified atom stereocenters. The Labute approximate surface area is 219 Å². The summed E-state index contributed by atoms with van der Waals surface area (Å²) in [7, 11) is 0. The molecule has 1 amide bonds. The van der Waals surface area contributed by atoms with Crippen molar-refractivity contribution >= 4 is 36.2 Å². The lowest BCUT2D eigenvalue weighted by Gasteiger charge is -2.37. The molecule has 202 valence electrons. The predicted molar refractivity (Wildman–Crippen MR) is 135 cm³/mol. The smallest absolute Gasteiger partial charge is 0.281 e. The lowest BCUT2D eigenvalue weighted by atomic mass is 9.96. The van der Waals surface area contributed by atoms with E-state index in [4.69, 9.17) is 10.5 Å². The number of piperazine rings is 1. The number of carbonyl (C=O) groups is 1. The number of amides is 1. The number of nitrogens with one attached hydrogen (secondary N) is 1. The molecule has 0 aliphatic carbocycles. The van der Waals surface area contributed by atoms with Gasteiger partial charge in [0.1, 0.15) is 5.69 Å². The van der Waals surface area contributed by atoms with Crippen molar-refractivity contribution in [1.29, 1.82) is 0 Å². The van der Waals surface area contributed by atoms with Crippen LogP contribution in [0.5, 0.6) is 0 Å². The van der Waals surface area contributed by atoms with Gasteiger partial charge in [-0.2, -0.15) is 15.0 Å². The number of morpholine rings is 1. The molecule has 3 aliphatic heterocycles. The molecule has 12 nitrogen and oxygen atoms in total. The van der Waals surface area contributed by atoms with Crippen LogP contribution in [0.4, 0.5) is 26.6 Å². The molecule has 0 radical (unpaired) electrons. The van der Waals surface area contributed by atoms with E-state index in [-0.39, 0.29) is 41.6 Å². The molecule has 0 bridgehead atoms. The highest BCUT2D eigenvalue weighted by atomic mass is 35.5. The molecule has 2 aromatic heterocycles. The van der Waals surface area contributed by atoms with Gasteiger partial charge in [0.25, 0.3) is 6.43 Å². The van der Waals surface area contributed by atoms with Gasteiger partial charge in [0.2, 0.25) is 23.8 Å². The van der Waals surface area contributed by atoms with Crippen molar-refractivity contribution in [2.24, 2.45) is 5.92 Å². The highest BCUT2D eigenvalue weighted by molar-refractivity contribution is 5.85. The average Bonchev–Trinajstić information content (AvgIpc) is 2.93. The first-order valence-electron chi connectivity index (χ1n) is 12.2. The van der Waals surface area contributed by atoms with E-state index in [1.165, 1.54) is 6.20 Å². The number of nitrogens with zero attached hydrogens (tertiary/aromatic N) is 8. The highest BCUT2D eigenvalue weighted by Gasteiger charge is 2.30. The zero-order chi connectivity index (χ0) is 25.1. The molecule has 3 aliphatic rings. The molecule has 3 N–H and O–H groups in total. The Balaban J connectivity index is 0.00000320. The molecule has 2 aromatic rings. The first-order chi connectivity index (χ1) is 17.5. The Bertz CT molecular complexity index is 1080. The molecule has 15 heteroatoms. The van der Waals surface area contributed by atoms with Crippen LogP contribution in [-0.2, 0) is 9.53 Å². The van der Waals surface area contributed by atoms with Crippen molar-refractivity contribution < 1.29 is 18.3 Å². The molecule has 0 saturated carbocycles. The Morgan fingerprint density at radius 3 is 2.22 bits per heavy atom. The summed E-state index contributed by atoms with van der Waals surface area (Å²) >= 11 is 0. The second-order valence-corrected chi connectivity index (χ2v) is 9.02. The minimum atomic E-state index is -2.87. The average molecular weight is 541 g/mol. The number of nitrogen functional groups attached to an aromatic ring is 1. The number of halogens is 3. The van der Waals surface area contributed by atoms with Gasteiger partial charge in [-0.15, -0.1) is 12.4 Å². The summed E-state index contributed by atoms with van der Waals surface area (Å²) in [5.74, 6) is 0.821. The monoisotopic (exact) mass is 540 g/mol. The first-order valence-corrected chi connectivity index (χ1v) is 12.2. The van der Waals surface area contributed by atoms with Gasteiger partial charge in [-0.05, 0) is 25.9 Å². The Morgan fingerprint density at radius 2 is 1.59 bits per heavy atom. The molecule has 3 saturated heterocycles. The number of hydrogen-bond donors (Lipinski definition) is 2. The van der Waals surface area contributed by atoms with Crippen LogP contribution < -0.4 is 20.9 Å². The van der Waals surface area contributed by atoms with Crippen molar-refractivity contribution in [2.45, 2.75) is 19.3 Å². The molecule has 0 atom stereocenters. The van der Waals surface area contributed by atoms with Crippen molar-refractivity contribution in [3.63, 3.8) is 0 Å². The standard InChI is InChI=1S/C22H30F2N10O2.ClH/c23-17(24)16-15(13-27-20(25)28-16)18-29-21(31-22(30-18)34-9-11-36-12-10-34)33-7-5-32(6-8-33)19(35)14-1-3-26-4-2-14;/h13-14,17,26H,1-12H2,(H2,25,27,28);1H. The number of nitrogens with two attached hydrogens (primary N) is 1. The Morgan fingerprint density at radius 1 is 0.973 bits per heavy atom. The van der Waals surface area contributed by atoms with Gasteiger partial charge in [-0.1, -0.05) is 0 Å². The summed E-state index contributed by atoms with van der Waals surface area (Å²) in [6.45, 7) is 6.05. The molecule has 0 aromatic carbocycles. The zero-order valence-corrected chi connectivity index (χ0v) is 21.2. The van der Waals surface area contributed by atoms with Gasteiger partial charge in [0, 0.05) is 51.4 Å². The topological polar surface area (TPSA) is 139 Å². The molecule has 3 fully saturated rings. The van der Waals surface area contributed by atoms with Gasteiger partial charge >= 0.3 is 0 Å². The number of anilines is 3. The highest BCUT2D eigenvalue weighted by Crippen LogP contribution is 2.30. The van der Waals surface area contributed by atoms with Crippen LogP contribution in [-0.4, -0.2) is 101 Å². The van der Waals surface area contributed by atoms with E-state index in [0.717, 1.165) is 25.9 Å². The van der Waals surface area contributed by atoms with E-state index in [1.54, 1.807) is 0 Å². The van der Waals surface area contributed by atoms with E-state index in [1.807, 2.05) is 14.7 Å². The fourth-order valence-electron chi connectivity index (χ4n) is 4.72. The SMILES string of the molecule is Cl.Nc1ncc(-c2nc(N3CCOCC3)nc(N3CCN(C(=O)C4CCNCC4)CC3)n2)c(C(F)F)n1. The third-order valence-electron chi connectivity index (χ3n) is 6.75. The largest absolute Gasteiger partial charge is 0.378 e. The fourth-order valence-corrected chi connectivity index (χ4v) is 4.72. The van der Waals surface area contributed by atoms with Crippen molar-refractivity contribution in [1.82, 2.24) is 35.1 Å². The van der Waals surface area contributed by atoms with Crippen molar-refractivity contribution in [3.05, 3.63) is 11.9 Å². The number of alkyl halides is 2. The summed E-state index contributed by atoms with van der Waals surface area (Å²) in [6, 6.07) is 0. The lowest BCUT2D eigenvalue weighted by molar-refractivity contribution is -0.136. The Kier molecular flexibility index (Phi) is 8.82. The van der Waals surface area contributed by atoms with Crippen LogP contribution in [0.2, 0.25) is 0 Å². The molecule has 37 heavy (non-hydrogen) atoms. The maximum absolute atomic E-state index is 13.8. The second kappa shape index (κ2) is 12.0. The predicted octanol–water partition coefficient (Wildman–Crippen LogP) is 0.755. The number of aromatic nitrogens is 5. The summed E-state index contributed by atoms with van der Waals surface area (Å²) in [6.07, 6.45) is 0.0628. The van der Waals surface area contributed by atoms with E-state index in [2.05, 4.69) is 30.2 Å². The number of ether oxygens (including phenoxy) is 1. The van der Waals surface area contributed by atoms with Crippen LogP contribution >= 0.6 is 12.4 Å². The van der Waals surface area contributed by atoms with Gasteiger partial charge in [0.05, 0.1) is 18.8 Å². The molecule has 0 spiro atoms. The van der Waals surface area contributed by atoms with E-state index in [0.29, 0.717) is 64.4 Å². The van der Waals surface area contributed by atoms with Gasteiger partial charge in [-0.3, -0.25) is 4.79 Å².